The van der Waals surface area contributed by atoms with Crippen LogP contribution in [0.15, 0.2) is 17.8 Å². The molecule has 0 spiro atoms. The van der Waals surface area contributed by atoms with Gasteiger partial charge in [0.25, 0.3) is 5.91 Å². The van der Waals surface area contributed by atoms with Gasteiger partial charge in [-0.15, -0.1) is 0 Å². The van der Waals surface area contributed by atoms with Crippen molar-refractivity contribution in [1.82, 2.24) is 19.9 Å². The van der Waals surface area contributed by atoms with Gasteiger partial charge in [-0.2, -0.15) is 21.9 Å². The van der Waals surface area contributed by atoms with Crippen LogP contribution in [0.25, 0.3) is 11.2 Å². The maximum Gasteiger partial charge on any atom is 0.258 e. The SMILES string of the molecule is O=C1C2CSCC2=NN1c1ncnc2nc[nH]c12. The molecule has 1 N–H and O–H groups in total. The van der Waals surface area contributed by atoms with Crippen molar-refractivity contribution in [3.63, 3.8) is 0 Å². The Hall–Kier alpha value is -1.96. The molecule has 1 fully saturated rings. The van der Waals surface area contributed by atoms with Crippen LogP contribution in [0, 0.1) is 5.92 Å². The van der Waals surface area contributed by atoms with Gasteiger partial charge in [0.05, 0.1) is 18.0 Å². The van der Waals surface area contributed by atoms with Crippen LogP contribution in [0.3, 0.4) is 0 Å². The number of carbonyl (C=O) groups is 1. The number of nitrogens with zero attached hydrogens (tertiary/aromatic N) is 5. The summed E-state index contributed by atoms with van der Waals surface area (Å²) in [4.78, 5) is 27.4. The van der Waals surface area contributed by atoms with E-state index in [0.29, 0.717) is 17.0 Å². The zero-order valence-electron chi connectivity index (χ0n) is 9.20. The number of nitrogens with one attached hydrogen (secondary N) is 1. The first-order chi connectivity index (χ1) is 8.84. The lowest BCUT2D eigenvalue weighted by Gasteiger charge is -2.12. The van der Waals surface area contributed by atoms with Crippen LogP contribution in [-0.4, -0.2) is 43.1 Å². The average molecular weight is 260 g/mol. The van der Waals surface area contributed by atoms with Crippen LogP contribution in [0.4, 0.5) is 5.82 Å². The number of rotatable bonds is 1. The number of fused-ring (bicyclic) bond motifs is 2. The van der Waals surface area contributed by atoms with Gasteiger partial charge < -0.3 is 4.98 Å². The molecule has 4 heterocycles. The number of thioether (sulfide) groups is 1. The topological polar surface area (TPSA) is 87.1 Å². The summed E-state index contributed by atoms with van der Waals surface area (Å²) in [5.41, 5.74) is 2.12. The van der Waals surface area contributed by atoms with E-state index in [2.05, 4.69) is 25.0 Å². The van der Waals surface area contributed by atoms with Crippen molar-refractivity contribution in [3.8, 4) is 0 Å². The van der Waals surface area contributed by atoms with Crippen molar-refractivity contribution in [2.75, 3.05) is 16.5 Å². The maximum atomic E-state index is 12.3. The lowest BCUT2D eigenvalue weighted by molar-refractivity contribution is -0.119. The molecule has 2 aliphatic heterocycles. The molecule has 2 aromatic heterocycles. The molecule has 1 amide bonds. The van der Waals surface area contributed by atoms with Crippen LogP contribution in [0.2, 0.25) is 0 Å². The Morgan fingerprint density at radius 1 is 1.39 bits per heavy atom. The molecule has 1 saturated heterocycles. The second-order valence-corrected chi connectivity index (χ2v) is 5.14. The number of H-pyrrole nitrogens is 1. The predicted octanol–water partition coefficient (Wildman–Crippen LogP) is 0.419. The minimum absolute atomic E-state index is 0.00963. The summed E-state index contributed by atoms with van der Waals surface area (Å²) in [6.45, 7) is 0. The monoisotopic (exact) mass is 260 g/mol. The first-order valence-corrected chi connectivity index (χ1v) is 6.63. The molecule has 4 rings (SSSR count). The molecule has 0 radical (unpaired) electrons. The fraction of sp³-hybridized carbons (Fsp3) is 0.300. The van der Waals surface area contributed by atoms with E-state index < -0.39 is 0 Å². The van der Waals surface area contributed by atoms with E-state index in [1.54, 1.807) is 11.8 Å². The van der Waals surface area contributed by atoms with Crippen molar-refractivity contribution in [2.24, 2.45) is 11.0 Å². The number of carbonyl (C=O) groups excluding carboxylic acids is 1. The van der Waals surface area contributed by atoms with Gasteiger partial charge in [0, 0.05) is 11.5 Å². The number of amides is 1. The highest BCUT2D eigenvalue weighted by molar-refractivity contribution is 8.00. The summed E-state index contributed by atoms with van der Waals surface area (Å²) >= 11 is 1.74. The second-order valence-electron chi connectivity index (χ2n) is 4.11. The minimum Gasteiger partial charge on any atom is -0.340 e. The van der Waals surface area contributed by atoms with Crippen LogP contribution in [0.5, 0.6) is 0 Å². The number of aromatic amines is 1. The van der Waals surface area contributed by atoms with Crippen molar-refractivity contribution < 1.29 is 4.79 Å². The van der Waals surface area contributed by atoms with Gasteiger partial charge in [0.15, 0.2) is 11.5 Å². The van der Waals surface area contributed by atoms with E-state index in [0.717, 1.165) is 17.2 Å². The van der Waals surface area contributed by atoms with E-state index in [1.165, 1.54) is 17.7 Å². The number of imidazole rings is 1. The molecule has 18 heavy (non-hydrogen) atoms. The predicted molar refractivity (Wildman–Crippen MR) is 67.4 cm³/mol. The van der Waals surface area contributed by atoms with E-state index in [9.17, 15) is 4.79 Å². The molecular weight excluding hydrogens is 252 g/mol. The van der Waals surface area contributed by atoms with Crippen LogP contribution < -0.4 is 5.01 Å². The third-order valence-electron chi connectivity index (χ3n) is 3.08. The van der Waals surface area contributed by atoms with Gasteiger partial charge in [-0.1, -0.05) is 0 Å². The number of hydrogen-bond acceptors (Lipinski definition) is 6. The molecule has 8 heteroatoms. The van der Waals surface area contributed by atoms with E-state index in [4.69, 9.17) is 0 Å². The number of anilines is 1. The molecule has 0 saturated carbocycles. The first kappa shape index (κ1) is 10.0. The summed E-state index contributed by atoms with van der Waals surface area (Å²) < 4.78 is 0. The van der Waals surface area contributed by atoms with E-state index >= 15 is 0 Å². The molecule has 90 valence electrons. The summed E-state index contributed by atoms with van der Waals surface area (Å²) in [5.74, 6) is 2.03. The zero-order chi connectivity index (χ0) is 12.1. The Bertz CT molecular complexity index is 680. The summed E-state index contributed by atoms with van der Waals surface area (Å²) in [6.07, 6.45) is 2.93. The first-order valence-electron chi connectivity index (χ1n) is 5.48. The molecule has 0 aliphatic carbocycles. The molecule has 1 atom stereocenters. The Labute approximate surface area is 106 Å². The average Bonchev–Trinajstić information content (AvgIpc) is 3.06. The molecule has 1 unspecified atom stereocenters. The molecule has 2 aromatic rings. The highest BCUT2D eigenvalue weighted by Gasteiger charge is 2.41. The minimum atomic E-state index is -0.0806. The largest absolute Gasteiger partial charge is 0.340 e. The lowest BCUT2D eigenvalue weighted by atomic mass is 10.1. The number of hydrazone groups is 1. The smallest absolute Gasteiger partial charge is 0.258 e. The van der Waals surface area contributed by atoms with Gasteiger partial charge >= 0.3 is 0 Å². The highest BCUT2D eigenvalue weighted by Crippen LogP contribution is 2.32. The third kappa shape index (κ3) is 1.23. The Kier molecular flexibility index (Phi) is 1.95. The lowest BCUT2D eigenvalue weighted by Crippen LogP contribution is -2.28. The number of aromatic nitrogens is 4. The van der Waals surface area contributed by atoms with Crippen LogP contribution >= 0.6 is 11.8 Å². The Morgan fingerprint density at radius 3 is 3.22 bits per heavy atom. The summed E-state index contributed by atoms with van der Waals surface area (Å²) in [6, 6.07) is 0. The number of hydrogen-bond donors (Lipinski definition) is 1. The van der Waals surface area contributed by atoms with Gasteiger partial charge in [-0.25, -0.2) is 15.0 Å². The normalized spacial score (nSPS) is 22.7. The second kappa shape index (κ2) is 3.52. The van der Waals surface area contributed by atoms with Gasteiger partial charge in [-0.05, 0) is 0 Å². The third-order valence-corrected chi connectivity index (χ3v) is 4.14. The van der Waals surface area contributed by atoms with Crippen LogP contribution in [0.1, 0.15) is 0 Å². The van der Waals surface area contributed by atoms with Crippen molar-refractivity contribution >= 4 is 40.4 Å². The van der Waals surface area contributed by atoms with E-state index in [1.807, 2.05) is 0 Å². The quantitative estimate of drug-likeness (QED) is 0.802. The molecule has 2 aliphatic rings. The molecule has 0 aromatic carbocycles. The standard InChI is InChI=1S/C10H8N6OS/c17-10-5-1-18-2-6(5)15-16(10)9-7-8(12-3-11-7)13-4-14-9/h3-5H,1-2H2,(H,11,12,13,14). The fourth-order valence-corrected chi connectivity index (χ4v) is 3.34. The van der Waals surface area contributed by atoms with Crippen molar-refractivity contribution in [3.05, 3.63) is 12.7 Å². The molecule has 0 bridgehead atoms. The maximum absolute atomic E-state index is 12.3. The molecule has 7 nitrogen and oxygen atoms in total. The Balaban J connectivity index is 1.86. The van der Waals surface area contributed by atoms with Gasteiger partial charge in [0.1, 0.15) is 11.8 Å². The fourth-order valence-electron chi connectivity index (χ4n) is 2.18. The zero-order valence-corrected chi connectivity index (χ0v) is 10.0. The van der Waals surface area contributed by atoms with Crippen molar-refractivity contribution in [1.29, 1.82) is 0 Å². The summed E-state index contributed by atoms with van der Waals surface area (Å²) in [7, 11) is 0. The van der Waals surface area contributed by atoms with E-state index in [-0.39, 0.29) is 11.8 Å². The van der Waals surface area contributed by atoms with Gasteiger partial charge in [-0.3, -0.25) is 4.79 Å². The van der Waals surface area contributed by atoms with Crippen molar-refractivity contribution in [2.45, 2.75) is 0 Å². The summed E-state index contributed by atoms with van der Waals surface area (Å²) in [5, 5.41) is 5.75. The Morgan fingerprint density at radius 2 is 2.33 bits per heavy atom. The van der Waals surface area contributed by atoms with Crippen LogP contribution in [-0.2, 0) is 4.79 Å². The highest BCUT2D eigenvalue weighted by atomic mass is 32.2. The van der Waals surface area contributed by atoms with Gasteiger partial charge in [0.2, 0.25) is 0 Å². The molecular formula is C10H8N6OS.